The Morgan fingerprint density at radius 2 is 1.42 bits per heavy atom. The number of phenolic OH excluding ortho intramolecular Hbond substituents is 1. The van der Waals surface area contributed by atoms with E-state index in [4.69, 9.17) is 5.73 Å². The van der Waals surface area contributed by atoms with E-state index in [1.54, 1.807) is 32.2 Å². The number of benzene rings is 2. The lowest BCUT2D eigenvalue weighted by Crippen LogP contribution is -2.59. The number of aromatic amines is 1. The third kappa shape index (κ3) is 11.0. The summed E-state index contributed by atoms with van der Waals surface area (Å²) in [7, 11) is 0. The number of aromatic nitrogens is 1. The number of carbonyl (C=O) groups excluding carboxylic acids is 5. The van der Waals surface area contributed by atoms with Gasteiger partial charge in [0, 0.05) is 29.9 Å². The number of hydrogen-bond acceptors (Lipinski definition) is 9. The number of aromatic hydroxyl groups is 1. The highest BCUT2D eigenvalue weighted by Gasteiger charge is 2.32. The Morgan fingerprint density at radius 3 is 2.04 bits per heavy atom. The molecular weight excluding hydrogens is 650 g/mol. The summed E-state index contributed by atoms with van der Waals surface area (Å²) in [6.07, 6.45) is -0.0181. The zero-order valence-corrected chi connectivity index (χ0v) is 28.2. The van der Waals surface area contributed by atoms with Gasteiger partial charge >= 0.3 is 5.97 Å². The monoisotopic (exact) mass is 695 g/mol. The number of para-hydroxylation sites is 1. The molecular formula is C34H45N7O9. The van der Waals surface area contributed by atoms with Gasteiger partial charge in [0.15, 0.2) is 0 Å². The summed E-state index contributed by atoms with van der Waals surface area (Å²) >= 11 is 0. The number of carbonyl (C=O) groups is 6. The van der Waals surface area contributed by atoms with Gasteiger partial charge in [0.25, 0.3) is 0 Å². The quantitative estimate of drug-likeness (QED) is 0.0839. The van der Waals surface area contributed by atoms with Crippen LogP contribution in [0.3, 0.4) is 0 Å². The van der Waals surface area contributed by atoms with Crippen molar-refractivity contribution in [2.24, 2.45) is 11.7 Å². The second kappa shape index (κ2) is 17.8. The summed E-state index contributed by atoms with van der Waals surface area (Å²) in [5.41, 5.74) is 7.71. The molecule has 270 valence electrons. The second-order valence-corrected chi connectivity index (χ2v) is 12.4. The molecule has 6 atom stereocenters. The van der Waals surface area contributed by atoms with Crippen LogP contribution in [0.2, 0.25) is 0 Å². The molecule has 3 aromatic rings. The second-order valence-electron chi connectivity index (χ2n) is 12.4. The van der Waals surface area contributed by atoms with E-state index < -0.39 is 78.4 Å². The molecule has 0 saturated heterocycles. The number of carboxylic acid groups (broad SMARTS) is 1. The number of rotatable bonds is 17. The van der Waals surface area contributed by atoms with E-state index in [1.807, 2.05) is 12.1 Å². The molecule has 0 radical (unpaired) electrons. The van der Waals surface area contributed by atoms with Crippen molar-refractivity contribution in [1.29, 1.82) is 0 Å². The number of aliphatic hydroxyl groups is 1. The van der Waals surface area contributed by atoms with Crippen LogP contribution in [-0.2, 0) is 41.6 Å². The molecule has 1 aromatic heterocycles. The molecule has 0 aliphatic heterocycles. The van der Waals surface area contributed by atoms with Crippen molar-refractivity contribution in [2.45, 2.75) is 76.8 Å². The topological polar surface area (TPSA) is 265 Å². The number of nitrogens with one attached hydrogen (secondary N) is 6. The van der Waals surface area contributed by atoms with E-state index in [1.165, 1.54) is 38.1 Å². The van der Waals surface area contributed by atoms with Gasteiger partial charge in [0.1, 0.15) is 29.9 Å². The molecule has 0 aliphatic carbocycles. The van der Waals surface area contributed by atoms with Crippen molar-refractivity contribution in [3.8, 4) is 5.75 Å². The molecule has 0 fully saturated rings. The first-order chi connectivity index (χ1) is 23.6. The Labute approximate surface area is 288 Å². The van der Waals surface area contributed by atoms with E-state index in [0.29, 0.717) is 11.1 Å². The molecule has 3 rings (SSSR count). The maximum atomic E-state index is 13.6. The van der Waals surface area contributed by atoms with Gasteiger partial charge in [0.2, 0.25) is 29.5 Å². The van der Waals surface area contributed by atoms with Crippen LogP contribution >= 0.6 is 0 Å². The molecule has 11 N–H and O–H groups in total. The Balaban J connectivity index is 1.73. The van der Waals surface area contributed by atoms with E-state index in [-0.39, 0.29) is 24.5 Å². The Hall–Kier alpha value is -5.48. The summed E-state index contributed by atoms with van der Waals surface area (Å²) in [5, 5.41) is 42.8. The van der Waals surface area contributed by atoms with Gasteiger partial charge < -0.3 is 52.6 Å². The molecule has 5 amide bonds. The number of aliphatic carboxylic acids is 1. The fourth-order valence-electron chi connectivity index (χ4n) is 4.96. The molecule has 16 nitrogen and oxygen atoms in total. The third-order valence-electron chi connectivity index (χ3n) is 8.00. The number of fused-ring (bicyclic) bond motifs is 1. The summed E-state index contributed by atoms with van der Waals surface area (Å²) in [4.78, 5) is 79.8. The van der Waals surface area contributed by atoms with Gasteiger partial charge in [0.05, 0.1) is 18.7 Å². The van der Waals surface area contributed by atoms with Crippen LogP contribution in [0.25, 0.3) is 10.9 Å². The van der Waals surface area contributed by atoms with Gasteiger partial charge in [-0.3, -0.25) is 24.0 Å². The predicted octanol–water partition coefficient (Wildman–Crippen LogP) is -0.817. The molecule has 2 aromatic carbocycles. The highest BCUT2D eigenvalue weighted by atomic mass is 16.4. The van der Waals surface area contributed by atoms with Crippen molar-refractivity contribution < 1.29 is 44.1 Å². The Morgan fingerprint density at radius 1 is 0.780 bits per heavy atom. The van der Waals surface area contributed by atoms with E-state index in [2.05, 4.69) is 31.6 Å². The fraction of sp³-hybridized carbons (Fsp3) is 0.412. The normalized spacial score (nSPS) is 14.8. The van der Waals surface area contributed by atoms with Crippen molar-refractivity contribution in [3.63, 3.8) is 0 Å². The average Bonchev–Trinajstić information content (AvgIpc) is 3.48. The maximum absolute atomic E-state index is 13.6. The van der Waals surface area contributed by atoms with Crippen LogP contribution in [0.1, 0.15) is 38.8 Å². The maximum Gasteiger partial charge on any atom is 0.326 e. The van der Waals surface area contributed by atoms with Gasteiger partial charge in [-0.05, 0) is 49.1 Å². The SMILES string of the molecule is CC(C)[C@H](N)C(=O)N[C@@H](C)C(=O)NCC(=O)N[C@H](C(=O)N[C@@H](Cc1c[nH]c2ccccc12)C(=O)N[C@@H](Cc1ccc(O)cc1)C(=O)O)[C@@H](C)O. The molecule has 50 heavy (non-hydrogen) atoms. The molecule has 0 saturated carbocycles. The molecule has 16 heteroatoms. The zero-order valence-electron chi connectivity index (χ0n) is 28.2. The van der Waals surface area contributed by atoms with Crippen LogP contribution in [0, 0.1) is 5.92 Å². The number of aliphatic hydroxyl groups excluding tert-OH is 1. The van der Waals surface area contributed by atoms with Crippen LogP contribution in [0.4, 0.5) is 0 Å². The number of hydrogen-bond donors (Lipinski definition) is 10. The Kier molecular flexibility index (Phi) is 13.9. The highest BCUT2D eigenvalue weighted by Crippen LogP contribution is 2.20. The average molecular weight is 696 g/mol. The molecule has 0 unspecified atom stereocenters. The summed E-state index contributed by atoms with van der Waals surface area (Å²) < 4.78 is 0. The van der Waals surface area contributed by atoms with Crippen LogP contribution in [0.5, 0.6) is 5.75 Å². The van der Waals surface area contributed by atoms with Gasteiger partial charge in [-0.25, -0.2) is 4.79 Å². The largest absolute Gasteiger partial charge is 0.508 e. The number of amides is 5. The zero-order chi connectivity index (χ0) is 37.1. The smallest absolute Gasteiger partial charge is 0.326 e. The minimum Gasteiger partial charge on any atom is -0.508 e. The third-order valence-corrected chi connectivity index (χ3v) is 8.00. The lowest BCUT2D eigenvalue weighted by Gasteiger charge is -2.26. The lowest BCUT2D eigenvalue weighted by atomic mass is 10.0. The minimum atomic E-state index is -1.58. The first-order valence-corrected chi connectivity index (χ1v) is 16.0. The summed E-state index contributed by atoms with van der Waals surface area (Å²) in [6, 6.07) is 6.82. The summed E-state index contributed by atoms with van der Waals surface area (Å²) in [6.45, 7) is 5.53. The molecule has 0 aliphatic rings. The van der Waals surface area contributed by atoms with Crippen LogP contribution in [-0.4, -0.2) is 98.7 Å². The van der Waals surface area contributed by atoms with Crippen molar-refractivity contribution in [1.82, 2.24) is 31.6 Å². The van der Waals surface area contributed by atoms with E-state index in [0.717, 1.165) is 10.9 Å². The van der Waals surface area contributed by atoms with Crippen LogP contribution in [0.15, 0.2) is 54.7 Å². The van der Waals surface area contributed by atoms with E-state index >= 15 is 0 Å². The van der Waals surface area contributed by atoms with Crippen molar-refractivity contribution in [2.75, 3.05) is 6.54 Å². The van der Waals surface area contributed by atoms with Crippen molar-refractivity contribution >= 4 is 46.4 Å². The predicted molar refractivity (Wildman–Crippen MR) is 182 cm³/mol. The first kappa shape index (κ1) is 39.0. The first-order valence-electron chi connectivity index (χ1n) is 16.0. The van der Waals surface area contributed by atoms with E-state index in [9.17, 15) is 44.1 Å². The van der Waals surface area contributed by atoms with Gasteiger partial charge in [-0.2, -0.15) is 0 Å². The van der Waals surface area contributed by atoms with Gasteiger partial charge in [-0.15, -0.1) is 0 Å². The molecule has 0 spiro atoms. The number of phenols is 1. The lowest BCUT2D eigenvalue weighted by molar-refractivity contribution is -0.142. The van der Waals surface area contributed by atoms with Crippen LogP contribution < -0.4 is 32.3 Å². The Bertz CT molecular complexity index is 1670. The minimum absolute atomic E-state index is 0.0151. The number of H-pyrrole nitrogens is 1. The highest BCUT2D eigenvalue weighted by molar-refractivity contribution is 5.96. The fourth-order valence-corrected chi connectivity index (χ4v) is 4.96. The standard InChI is InChI=1S/C34H45N7O9/c1-17(2)28(35)32(47)38-18(3)30(45)37-16-27(44)41-29(19(4)42)33(48)39-25(14-21-15-36-24-8-6-5-7-23(21)24)31(46)40-26(34(49)50)13-20-9-11-22(43)12-10-20/h5-12,15,17-19,25-26,28-29,36,42-43H,13-14,16,35H2,1-4H3,(H,37,45)(H,38,47)(H,39,48)(H,40,46)(H,41,44)(H,49,50)/t18-,19+,25-,26-,28-,29-/m0/s1. The van der Waals surface area contributed by atoms with Gasteiger partial charge in [-0.1, -0.05) is 44.2 Å². The number of nitrogens with two attached hydrogens (primary N) is 1. The summed E-state index contributed by atoms with van der Waals surface area (Å²) in [5.74, 6) is -5.40. The molecule has 1 heterocycles. The van der Waals surface area contributed by atoms with Crippen molar-refractivity contribution in [3.05, 3.63) is 65.9 Å². The number of carboxylic acids is 1. The molecule has 0 bridgehead atoms.